The van der Waals surface area contributed by atoms with E-state index in [0.717, 1.165) is 11.3 Å². The first-order chi connectivity index (χ1) is 10.2. The molecule has 0 amide bonds. The summed E-state index contributed by atoms with van der Waals surface area (Å²) in [4.78, 5) is 0. The van der Waals surface area contributed by atoms with Gasteiger partial charge in [-0.25, -0.2) is 0 Å². The maximum atomic E-state index is 8.57. The second-order valence-corrected chi connectivity index (χ2v) is 4.53. The Hall–Kier alpha value is -2.69. The summed E-state index contributed by atoms with van der Waals surface area (Å²) in [5.74, 6) is 1.41. The molecule has 0 aromatic heterocycles. The third-order valence-electron chi connectivity index (χ3n) is 2.92. The van der Waals surface area contributed by atoms with Gasteiger partial charge in [0.1, 0.15) is 18.1 Å². The minimum absolute atomic E-state index is 0.0272. The number of hydrogen-bond donors (Lipinski definition) is 2. The van der Waals surface area contributed by atoms with Gasteiger partial charge in [0, 0.05) is 0 Å². The van der Waals surface area contributed by atoms with Gasteiger partial charge in [0.25, 0.3) is 0 Å². The molecule has 2 aromatic rings. The van der Waals surface area contributed by atoms with Crippen molar-refractivity contribution >= 4 is 5.84 Å². The summed E-state index contributed by atoms with van der Waals surface area (Å²) in [7, 11) is 0. The SMILES string of the molecule is CC(Oc1ccc(OCc2ccccc2)cc1)C(N)=NO. The van der Waals surface area contributed by atoms with Gasteiger partial charge in [0.05, 0.1) is 0 Å². The predicted molar refractivity (Wildman–Crippen MR) is 80.7 cm³/mol. The predicted octanol–water partition coefficient (Wildman–Crippen LogP) is 2.78. The van der Waals surface area contributed by atoms with Gasteiger partial charge in [-0.3, -0.25) is 0 Å². The lowest BCUT2D eigenvalue weighted by atomic mass is 10.2. The second kappa shape index (κ2) is 7.19. The summed E-state index contributed by atoms with van der Waals surface area (Å²) in [5, 5.41) is 11.5. The van der Waals surface area contributed by atoms with Crippen LogP contribution in [0.1, 0.15) is 12.5 Å². The van der Waals surface area contributed by atoms with E-state index in [9.17, 15) is 0 Å². The van der Waals surface area contributed by atoms with Crippen LogP contribution in [-0.2, 0) is 6.61 Å². The van der Waals surface area contributed by atoms with Crippen LogP contribution in [0.25, 0.3) is 0 Å². The molecule has 0 saturated carbocycles. The van der Waals surface area contributed by atoms with E-state index in [4.69, 9.17) is 20.4 Å². The average molecular weight is 286 g/mol. The van der Waals surface area contributed by atoms with Crippen LogP contribution < -0.4 is 15.2 Å². The zero-order valence-corrected chi connectivity index (χ0v) is 11.8. The molecule has 0 spiro atoms. The molecule has 21 heavy (non-hydrogen) atoms. The molecule has 1 unspecified atom stereocenters. The number of amidine groups is 1. The van der Waals surface area contributed by atoms with Crippen molar-refractivity contribution in [1.29, 1.82) is 0 Å². The van der Waals surface area contributed by atoms with Gasteiger partial charge >= 0.3 is 0 Å². The minimum Gasteiger partial charge on any atom is -0.489 e. The van der Waals surface area contributed by atoms with Crippen molar-refractivity contribution in [3.63, 3.8) is 0 Å². The maximum Gasteiger partial charge on any atom is 0.180 e. The van der Waals surface area contributed by atoms with Crippen molar-refractivity contribution in [2.24, 2.45) is 10.9 Å². The van der Waals surface area contributed by atoms with E-state index in [1.165, 1.54) is 0 Å². The summed E-state index contributed by atoms with van der Waals surface area (Å²) in [6.07, 6.45) is -0.494. The molecule has 0 aliphatic rings. The van der Waals surface area contributed by atoms with Gasteiger partial charge in [0.2, 0.25) is 0 Å². The zero-order chi connectivity index (χ0) is 15.1. The van der Waals surface area contributed by atoms with Crippen molar-refractivity contribution in [3.05, 3.63) is 60.2 Å². The zero-order valence-electron chi connectivity index (χ0n) is 11.8. The Kier molecular flexibility index (Phi) is 5.04. The fraction of sp³-hybridized carbons (Fsp3) is 0.188. The number of rotatable bonds is 6. The number of hydrogen-bond acceptors (Lipinski definition) is 4. The van der Waals surface area contributed by atoms with Crippen LogP contribution in [0, 0.1) is 0 Å². The fourth-order valence-electron chi connectivity index (χ4n) is 1.70. The van der Waals surface area contributed by atoms with Crippen molar-refractivity contribution in [2.75, 3.05) is 0 Å². The number of benzene rings is 2. The minimum atomic E-state index is -0.494. The molecule has 0 radical (unpaired) electrons. The monoisotopic (exact) mass is 286 g/mol. The van der Waals surface area contributed by atoms with Gasteiger partial charge in [-0.2, -0.15) is 0 Å². The van der Waals surface area contributed by atoms with Crippen LogP contribution in [0.4, 0.5) is 0 Å². The third kappa shape index (κ3) is 4.42. The molecule has 3 N–H and O–H groups in total. The van der Waals surface area contributed by atoms with Gasteiger partial charge in [-0.15, -0.1) is 0 Å². The Balaban J connectivity index is 1.90. The fourth-order valence-corrected chi connectivity index (χ4v) is 1.70. The number of nitrogens with two attached hydrogens (primary N) is 1. The normalized spacial score (nSPS) is 12.7. The molecule has 0 fully saturated rings. The molecule has 2 rings (SSSR count). The van der Waals surface area contributed by atoms with E-state index >= 15 is 0 Å². The molecule has 5 heteroatoms. The van der Waals surface area contributed by atoms with E-state index in [0.29, 0.717) is 12.4 Å². The van der Waals surface area contributed by atoms with E-state index < -0.39 is 6.10 Å². The highest BCUT2D eigenvalue weighted by Gasteiger charge is 2.09. The van der Waals surface area contributed by atoms with Gasteiger partial charge in [0.15, 0.2) is 11.9 Å². The van der Waals surface area contributed by atoms with Crippen molar-refractivity contribution in [1.82, 2.24) is 0 Å². The molecule has 0 aliphatic heterocycles. The number of nitrogens with zero attached hydrogens (tertiary/aromatic N) is 1. The van der Waals surface area contributed by atoms with Crippen molar-refractivity contribution < 1.29 is 14.7 Å². The quantitative estimate of drug-likeness (QED) is 0.370. The summed E-state index contributed by atoms with van der Waals surface area (Å²) in [6, 6.07) is 17.1. The number of oxime groups is 1. The average Bonchev–Trinajstić information content (AvgIpc) is 2.54. The summed E-state index contributed by atoms with van der Waals surface area (Å²) in [6.45, 7) is 2.22. The molecule has 2 aromatic carbocycles. The summed E-state index contributed by atoms with van der Waals surface area (Å²) < 4.78 is 11.2. The van der Waals surface area contributed by atoms with Crippen LogP contribution in [0.2, 0.25) is 0 Å². The van der Waals surface area contributed by atoms with Crippen molar-refractivity contribution in [3.8, 4) is 11.5 Å². The molecular formula is C16H18N2O3. The van der Waals surface area contributed by atoms with Gasteiger partial charge in [-0.1, -0.05) is 35.5 Å². The van der Waals surface area contributed by atoms with Gasteiger partial charge in [-0.05, 0) is 36.8 Å². The molecule has 5 nitrogen and oxygen atoms in total. The summed E-state index contributed by atoms with van der Waals surface area (Å²) in [5.41, 5.74) is 6.57. The smallest absolute Gasteiger partial charge is 0.180 e. The highest BCUT2D eigenvalue weighted by atomic mass is 16.5. The summed E-state index contributed by atoms with van der Waals surface area (Å²) >= 11 is 0. The van der Waals surface area contributed by atoms with Crippen LogP contribution >= 0.6 is 0 Å². The first-order valence-corrected chi connectivity index (χ1v) is 6.60. The molecule has 1 atom stereocenters. The third-order valence-corrected chi connectivity index (χ3v) is 2.92. The van der Waals surface area contributed by atoms with Crippen LogP contribution in [-0.4, -0.2) is 17.1 Å². The Bertz CT molecular complexity index is 582. The molecule has 110 valence electrons. The maximum absolute atomic E-state index is 8.57. The lowest BCUT2D eigenvalue weighted by Crippen LogP contribution is -2.31. The highest BCUT2D eigenvalue weighted by molar-refractivity contribution is 5.84. The molecule has 0 aliphatic carbocycles. The lowest BCUT2D eigenvalue weighted by Gasteiger charge is -2.13. The molecule has 0 bridgehead atoms. The van der Waals surface area contributed by atoms with Crippen molar-refractivity contribution in [2.45, 2.75) is 19.6 Å². The Morgan fingerprint density at radius 3 is 2.33 bits per heavy atom. The molecular weight excluding hydrogens is 268 g/mol. The van der Waals surface area contributed by atoms with Gasteiger partial charge < -0.3 is 20.4 Å². The van der Waals surface area contributed by atoms with E-state index in [1.807, 2.05) is 42.5 Å². The Labute approximate surface area is 123 Å². The second-order valence-electron chi connectivity index (χ2n) is 4.53. The first kappa shape index (κ1) is 14.7. The van der Waals surface area contributed by atoms with E-state index in [-0.39, 0.29) is 5.84 Å². The largest absolute Gasteiger partial charge is 0.489 e. The Morgan fingerprint density at radius 1 is 1.10 bits per heavy atom. The topological polar surface area (TPSA) is 77.1 Å². The van der Waals surface area contributed by atoms with Crippen LogP contribution in [0.3, 0.4) is 0 Å². The highest BCUT2D eigenvalue weighted by Crippen LogP contribution is 2.19. The van der Waals surface area contributed by atoms with E-state index in [1.54, 1.807) is 19.1 Å². The van der Waals surface area contributed by atoms with Crippen LogP contribution in [0.5, 0.6) is 11.5 Å². The molecule has 0 heterocycles. The first-order valence-electron chi connectivity index (χ1n) is 6.60. The van der Waals surface area contributed by atoms with E-state index in [2.05, 4.69) is 5.16 Å². The number of ether oxygens (including phenoxy) is 2. The Morgan fingerprint density at radius 2 is 1.71 bits per heavy atom. The standard InChI is InChI=1S/C16H18N2O3/c1-12(16(17)18-19)21-15-9-7-14(8-10-15)20-11-13-5-3-2-4-6-13/h2-10,12,19H,11H2,1H3,(H2,17,18). The lowest BCUT2D eigenvalue weighted by molar-refractivity contribution is 0.264. The van der Waals surface area contributed by atoms with Crippen LogP contribution in [0.15, 0.2) is 59.8 Å². The molecule has 0 saturated heterocycles.